The van der Waals surface area contributed by atoms with Crippen molar-refractivity contribution < 1.29 is 4.74 Å². The van der Waals surface area contributed by atoms with Crippen molar-refractivity contribution in [3.05, 3.63) is 64.9 Å². The highest BCUT2D eigenvalue weighted by molar-refractivity contribution is 9.10. The third kappa shape index (κ3) is 2.74. The lowest BCUT2D eigenvalue weighted by molar-refractivity contribution is 0.309. The van der Waals surface area contributed by atoms with Gasteiger partial charge in [0.2, 0.25) is 0 Å². The Bertz CT molecular complexity index is 701. The molecule has 0 saturated heterocycles. The second-order valence-corrected chi connectivity index (χ2v) is 5.02. The van der Waals surface area contributed by atoms with Crippen LogP contribution in [0.3, 0.4) is 0 Å². The summed E-state index contributed by atoms with van der Waals surface area (Å²) in [5, 5.41) is 0. The van der Waals surface area contributed by atoms with E-state index in [4.69, 9.17) is 4.74 Å². The van der Waals surface area contributed by atoms with Gasteiger partial charge in [-0.05, 0) is 27.6 Å². The standard InChI is InChI=1S/C15H11BrN2O/c16-12-8-13-15(18-9-12)14(6-7-17-13)19-10-11-4-2-1-3-5-11/h1-9H,10H2. The van der Waals surface area contributed by atoms with Crippen LogP contribution >= 0.6 is 15.9 Å². The average molecular weight is 315 g/mol. The van der Waals surface area contributed by atoms with Crippen LogP contribution in [0.4, 0.5) is 0 Å². The zero-order valence-electron chi connectivity index (χ0n) is 10.1. The van der Waals surface area contributed by atoms with Gasteiger partial charge >= 0.3 is 0 Å². The van der Waals surface area contributed by atoms with E-state index in [9.17, 15) is 0 Å². The van der Waals surface area contributed by atoms with Crippen molar-refractivity contribution in [2.75, 3.05) is 0 Å². The first-order valence-corrected chi connectivity index (χ1v) is 6.69. The molecule has 1 aromatic carbocycles. The van der Waals surface area contributed by atoms with E-state index >= 15 is 0 Å². The summed E-state index contributed by atoms with van der Waals surface area (Å²) in [4.78, 5) is 8.64. The molecule has 2 heterocycles. The van der Waals surface area contributed by atoms with E-state index in [-0.39, 0.29) is 0 Å². The van der Waals surface area contributed by atoms with Crippen LogP contribution in [0.2, 0.25) is 0 Å². The first-order valence-electron chi connectivity index (χ1n) is 5.90. The van der Waals surface area contributed by atoms with Crippen molar-refractivity contribution in [3.63, 3.8) is 0 Å². The van der Waals surface area contributed by atoms with Crippen LogP contribution in [-0.2, 0) is 6.61 Å². The summed E-state index contributed by atoms with van der Waals surface area (Å²) in [5.41, 5.74) is 2.73. The lowest BCUT2D eigenvalue weighted by Gasteiger charge is -2.08. The fraction of sp³-hybridized carbons (Fsp3) is 0.0667. The number of hydrogen-bond acceptors (Lipinski definition) is 3. The molecule has 19 heavy (non-hydrogen) atoms. The van der Waals surface area contributed by atoms with Gasteiger partial charge in [-0.15, -0.1) is 0 Å². The van der Waals surface area contributed by atoms with Gasteiger partial charge in [0, 0.05) is 22.9 Å². The quantitative estimate of drug-likeness (QED) is 0.733. The highest BCUT2D eigenvalue weighted by Crippen LogP contribution is 2.24. The number of pyridine rings is 2. The highest BCUT2D eigenvalue weighted by Gasteiger charge is 2.05. The number of fused-ring (bicyclic) bond motifs is 1. The molecule has 0 fully saturated rings. The van der Waals surface area contributed by atoms with Gasteiger partial charge in [0.05, 0.1) is 5.52 Å². The number of benzene rings is 1. The largest absolute Gasteiger partial charge is 0.486 e. The van der Waals surface area contributed by atoms with Crippen molar-refractivity contribution in [2.45, 2.75) is 6.61 Å². The van der Waals surface area contributed by atoms with Gasteiger partial charge in [0.15, 0.2) is 0 Å². The van der Waals surface area contributed by atoms with Crippen LogP contribution in [0.5, 0.6) is 5.75 Å². The number of rotatable bonds is 3. The minimum Gasteiger partial charge on any atom is -0.486 e. The lowest BCUT2D eigenvalue weighted by atomic mass is 10.2. The number of ether oxygens (including phenoxy) is 1. The van der Waals surface area contributed by atoms with E-state index in [0.717, 1.165) is 26.8 Å². The Morgan fingerprint density at radius 3 is 2.74 bits per heavy atom. The summed E-state index contributed by atoms with van der Waals surface area (Å²) in [6.45, 7) is 0.525. The molecule has 0 aliphatic carbocycles. The maximum Gasteiger partial charge on any atom is 0.149 e. The van der Waals surface area contributed by atoms with Crippen LogP contribution in [0.25, 0.3) is 11.0 Å². The Morgan fingerprint density at radius 2 is 1.89 bits per heavy atom. The Labute approximate surface area is 119 Å². The average Bonchev–Trinajstić information content (AvgIpc) is 2.45. The fourth-order valence-electron chi connectivity index (χ4n) is 1.83. The second-order valence-electron chi connectivity index (χ2n) is 4.10. The molecule has 0 amide bonds. The number of aromatic nitrogens is 2. The van der Waals surface area contributed by atoms with Crippen molar-refractivity contribution >= 4 is 27.0 Å². The summed E-state index contributed by atoms with van der Waals surface area (Å²) in [7, 11) is 0. The van der Waals surface area contributed by atoms with Crippen LogP contribution in [0, 0.1) is 0 Å². The molecule has 3 nitrogen and oxygen atoms in total. The SMILES string of the molecule is Brc1cnc2c(OCc3ccccc3)ccnc2c1. The molecular formula is C15H11BrN2O. The van der Waals surface area contributed by atoms with Crippen LogP contribution < -0.4 is 4.74 Å². The van der Waals surface area contributed by atoms with E-state index in [1.807, 2.05) is 42.5 Å². The lowest BCUT2D eigenvalue weighted by Crippen LogP contribution is -1.97. The molecule has 0 aliphatic heterocycles. The van der Waals surface area contributed by atoms with Crippen molar-refractivity contribution in [3.8, 4) is 5.75 Å². The van der Waals surface area contributed by atoms with E-state index in [2.05, 4.69) is 25.9 Å². The third-order valence-electron chi connectivity index (χ3n) is 2.74. The monoisotopic (exact) mass is 314 g/mol. The fourth-order valence-corrected chi connectivity index (χ4v) is 2.15. The molecule has 0 aliphatic rings. The van der Waals surface area contributed by atoms with E-state index in [0.29, 0.717) is 6.61 Å². The molecular weight excluding hydrogens is 304 g/mol. The molecule has 0 unspecified atom stereocenters. The van der Waals surface area contributed by atoms with E-state index in [1.165, 1.54) is 0 Å². The van der Waals surface area contributed by atoms with Gasteiger partial charge in [0.25, 0.3) is 0 Å². The second kappa shape index (κ2) is 5.36. The van der Waals surface area contributed by atoms with Crippen molar-refractivity contribution in [1.29, 1.82) is 0 Å². The number of nitrogens with zero attached hydrogens (tertiary/aromatic N) is 2. The smallest absolute Gasteiger partial charge is 0.149 e. The molecule has 0 bridgehead atoms. The van der Waals surface area contributed by atoms with E-state index < -0.39 is 0 Å². The first-order chi connectivity index (χ1) is 9.33. The molecule has 0 atom stereocenters. The molecule has 0 N–H and O–H groups in total. The Kier molecular flexibility index (Phi) is 3.42. The summed E-state index contributed by atoms with van der Waals surface area (Å²) >= 11 is 3.39. The minimum atomic E-state index is 0.525. The van der Waals surface area contributed by atoms with Gasteiger partial charge in [-0.3, -0.25) is 4.98 Å². The topological polar surface area (TPSA) is 35.0 Å². The molecule has 0 saturated carbocycles. The molecule has 4 heteroatoms. The molecule has 2 aromatic heterocycles. The minimum absolute atomic E-state index is 0.525. The van der Waals surface area contributed by atoms with Gasteiger partial charge in [-0.1, -0.05) is 30.3 Å². The van der Waals surface area contributed by atoms with Crippen molar-refractivity contribution in [2.24, 2.45) is 0 Å². The van der Waals surface area contributed by atoms with Crippen molar-refractivity contribution in [1.82, 2.24) is 9.97 Å². The van der Waals surface area contributed by atoms with Gasteiger partial charge in [-0.2, -0.15) is 0 Å². The maximum atomic E-state index is 5.83. The molecule has 3 rings (SSSR count). The maximum absolute atomic E-state index is 5.83. The molecule has 3 aromatic rings. The molecule has 94 valence electrons. The highest BCUT2D eigenvalue weighted by atomic mass is 79.9. The van der Waals surface area contributed by atoms with Crippen LogP contribution in [0.15, 0.2) is 59.3 Å². The summed E-state index contributed by atoms with van der Waals surface area (Å²) < 4.78 is 6.74. The normalized spacial score (nSPS) is 10.6. The number of halogens is 1. The zero-order valence-corrected chi connectivity index (χ0v) is 11.7. The predicted molar refractivity (Wildman–Crippen MR) is 78.0 cm³/mol. The zero-order chi connectivity index (χ0) is 13.1. The number of hydrogen-bond donors (Lipinski definition) is 0. The summed E-state index contributed by atoms with van der Waals surface area (Å²) in [6.07, 6.45) is 3.48. The Balaban J connectivity index is 1.89. The van der Waals surface area contributed by atoms with Gasteiger partial charge in [-0.25, -0.2) is 4.98 Å². The Morgan fingerprint density at radius 1 is 1.05 bits per heavy atom. The van der Waals surface area contributed by atoms with Gasteiger partial charge in [0.1, 0.15) is 17.9 Å². The molecule has 0 radical (unpaired) electrons. The summed E-state index contributed by atoms with van der Waals surface area (Å²) in [5.74, 6) is 0.751. The van der Waals surface area contributed by atoms with Crippen LogP contribution in [-0.4, -0.2) is 9.97 Å². The summed E-state index contributed by atoms with van der Waals surface area (Å²) in [6, 6.07) is 13.8. The molecule has 0 spiro atoms. The predicted octanol–water partition coefficient (Wildman–Crippen LogP) is 3.97. The van der Waals surface area contributed by atoms with Crippen LogP contribution in [0.1, 0.15) is 5.56 Å². The van der Waals surface area contributed by atoms with E-state index in [1.54, 1.807) is 12.4 Å². The third-order valence-corrected chi connectivity index (χ3v) is 3.18. The first kappa shape index (κ1) is 12.1. The Hall–Kier alpha value is -1.94. The van der Waals surface area contributed by atoms with Gasteiger partial charge < -0.3 is 4.74 Å².